The van der Waals surface area contributed by atoms with Gasteiger partial charge < -0.3 is 9.84 Å². The molecular formula is C9H9IN4O. The lowest BCUT2D eigenvalue weighted by Gasteiger charge is -2.00. The zero-order valence-electron chi connectivity index (χ0n) is 8.07. The first-order valence-corrected chi connectivity index (χ1v) is 5.45. The molecule has 0 aromatic carbocycles. The van der Waals surface area contributed by atoms with Crippen molar-refractivity contribution >= 4 is 28.5 Å². The molecule has 2 heterocycles. The zero-order valence-corrected chi connectivity index (χ0v) is 10.2. The van der Waals surface area contributed by atoms with Gasteiger partial charge in [-0.15, -0.1) is 0 Å². The van der Waals surface area contributed by atoms with Crippen LogP contribution in [-0.4, -0.2) is 15.1 Å². The van der Waals surface area contributed by atoms with Gasteiger partial charge in [0.25, 0.3) is 0 Å². The number of hydrogen-bond acceptors (Lipinski definition) is 5. The van der Waals surface area contributed by atoms with Gasteiger partial charge in [0.2, 0.25) is 5.95 Å². The Hall–Kier alpha value is -1.18. The topological polar surface area (TPSA) is 63.8 Å². The van der Waals surface area contributed by atoms with Gasteiger partial charge in [0.1, 0.15) is 0 Å². The highest BCUT2D eigenvalue weighted by atomic mass is 127. The third kappa shape index (κ3) is 2.88. The maximum absolute atomic E-state index is 5.04. The fourth-order valence-electron chi connectivity index (χ4n) is 1.07. The summed E-state index contributed by atoms with van der Waals surface area (Å²) in [5.41, 5.74) is 0.871. The predicted octanol–water partition coefficient (Wildman–Crippen LogP) is 1.99. The van der Waals surface area contributed by atoms with Gasteiger partial charge in [-0.2, -0.15) is 0 Å². The van der Waals surface area contributed by atoms with Crippen LogP contribution in [0.3, 0.4) is 0 Å². The molecule has 0 spiro atoms. The summed E-state index contributed by atoms with van der Waals surface area (Å²) in [7, 11) is 0. The quantitative estimate of drug-likeness (QED) is 0.878. The molecule has 0 saturated heterocycles. The molecule has 0 aliphatic carbocycles. The first-order chi connectivity index (χ1) is 7.24. The summed E-state index contributed by atoms with van der Waals surface area (Å²) in [6, 6.07) is 1.87. The molecular weight excluding hydrogens is 307 g/mol. The molecule has 0 unspecified atom stereocenters. The van der Waals surface area contributed by atoms with E-state index < -0.39 is 0 Å². The Morgan fingerprint density at radius 3 is 2.73 bits per heavy atom. The van der Waals surface area contributed by atoms with Crippen LogP contribution < -0.4 is 5.32 Å². The minimum absolute atomic E-state index is 0.543. The Morgan fingerprint density at radius 1 is 1.40 bits per heavy atom. The Bertz CT molecular complexity index is 440. The minimum atomic E-state index is 0.543. The van der Waals surface area contributed by atoms with Crippen molar-refractivity contribution in [1.29, 1.82) is 0 Å². The van der Waals surface area contributed by atoms with E-state index in [1.54, 1.807) is 12.4 Å². The van der Waals surface area contributed by atoms with Crippen molar-refractivity contribution in [2.24, 2.45) is 0 Å². The number of rotatable bonds is 3. The van der Waals surface area contributed by atoms with Crippen molar-refractivity contribution in [2.45, 2.75) is 13.5 Å². The second-order valence-electron chi connectivity index (χ2n) is 3.01. The maximum atomic E-state index is 5.04. The summed E-state index contributed by atoms with van der Waals surface area (Å²) in [6.45, 7) is 2.43. The molecule has 2 aromatic rings. The van der Waals surface area contributed by atoms with Crippen molar-refractivity contribution < 1.29 is 4.52 Å². The van der Waals surface area contributed by atoms with E-state index in [4.69, 9.17) is 4.52 Å². The lowest BCUT2D eigenvalue weighted by molar-refractivity contribution is 0.384. The molecule has 2 rings (SSSR count). The Labute approximate surface area is 100 Å². The van der Waals surface area contributed by atoms with Crippen LogP contribution in [-0.2, 0) is 6.54 Å². The average molecular weight is 316 g/mol. The van der Waals surface area contributed by atoms with Gasteiger partial charge in [-0.1, -0.05) is 5.16 Å². The molecule has 15 heavy (non-hydrogen) atoms. The van der Waals surface area contributed by atoms with Crippen LogP contribution in [0.1, 0.15) is 11.5 Å². The first-order valence-electron chi connectivity index (χ1n) is 4.37. The van der Waals surface area contributed by atoms with Crippen LogP contribution in [0.15, 0.2) is 23.0 Å². The number of aryl methyl sites for hydroxylation is 1. The van der Waals surface area contributed by atoms with E-state index in [1.165, 1.54) is 0 Å². The molecule has 0 saturated carbocycles. The van der Waals surface area contributed by atoms with Crippen molar-refractivity contribution in [3.8, 4) is 0 Å². The van der Waals surface area contributed by atoms with Crippen molar-refractivity contribution in [3.05, 3.63) is 33.5 Å². The summed E-state index contributed by atoms with van der Waals surface area (Å²) < 4.78 is 6.05. The van der Waals surface area contributed by atoms with Crippen LogP contribution in [0.2, 0.25) is 0 Å². The van der Waals surface area contributed by atoms with E-state index in [2.05, 4.69) is 43.0 Å². The highest BCUT2D eigenvalue weighted by Crippen LogP contribution is 2.06. The Kier molecular flexibility index (Phi) is 3.14. The van der Waals surface area contributed by atoms with E-state index >= 15 is 0 Å². The third-order valence-electron chi connectivity index (χ3n) is 1.72. The van der Waals surface area contributed by atoms with E-state index in [9.17, 15) is 0 Å². The molecule has 1 N–H and O–H groups in total. The molecule has 0 aliphatic heterocycles. The molecule has 0 radical (unpaired) electrons. The Balaban J connectivity index is 1.96. The molecule has 6 heteroatoms. The van der Waals surface area contributed by atoms with E-state index in [1.807, 2.05) is 13.0 Å². The number of nitrogens with one attached hydrogen (secondary N) is 1. The highest BCUT2D eigenvalue weighted by molar-refractivity contribution is 14.1. The fourth-order valence-corrected chi connectivity index (χ4v) is 1.35. The van der Waals surface area contributed by atoms with Gasteiger partial charge in [0, 0.05) is 22.0 Å². The monoisotopic (exact) mass is 316 g/mol. The SMILES string of the molecule is Cc1cc(CNc2ncc(I)cn2)on1. The second kappa shape index (κ2) is 4.56. The number of aromatic nitrogens is 3. The number of hydrogen-bond donors (Lipinski definition) is 1. The van der Waals surface area contributed by atoms with Crippen LogP contribution >= 0.6 is 22.6 Å². The normalized spacial score (nSPS) is 10.3. The molecule has 0 aliphatic rings. The maximum Gasteiger partial charge on any atom is 0.223 e. The summed E-state index contributed by atoms with van der Waals surface area (Å²) in [5.74, 6) is 1.36. The van der Waals surface area contributed by atoms with Crippen LogP contribution in [0, 0.1) is 10.5 Å². The fraction of sp³-hybridized carbons (Fsp3) is 0.222. The van der Waals surface area contributed by atoms with Crippen molar-refractivity contribution in [1.82, 2.24) is 15.1 Å². The van der Waals surface area contributed by atoms with Crippen molar-refractivity contribution in [2.75, 3.05) is 5.32 Å². The average Bonchev–Trinajstić information content (AvgIpc) is 2.64. The highest BCUT2D eigenvalue weighted by Gasteiger charge is 2.01. The zero-order chi connectivity index (χ0) is 10.7. The van der Waals surface area contributed by atoms with Gasteiger partial charge in [-0.05, 0) is 29.5 Å². The van der Waals surface area contributed by atoms with E-state index in [-0.39, 0.29) is 0 Å². The number of nitrogens with zero attached hydrogens (tertiary/aromatic N) is 3. The summed E-state index contributed by atoms with van der Waals surface area (Å²) in [5, 5.41) is 6.83. The summed E-state index contributed by atoms with van der Waals surface area (Å²) in [6.07, 6.45) is 3.50. The number of anilines is 1. The van der Waals surface area contributed by atoms with Crippen LogP contribution in [0.25, 0.3) is 0 Å². The van der Waals surface area contributed by atoms with Gasteiger partial charge >= 0.3 is 0 Å². The van der Waals surface area contributed by atoms with Gasteiger partial charge in [-0.3, -0.25) is 0 Å². The lowest BCUT2D eigenvalue weighted by atomic mass is 10.4. The molecule has 0 bridgehead atoms. The van der Waals surface area contributed by atoms with Gasteiger partial charge in [-0.25, -0.2) is 9.97 Å². The first kappa shape index (κ1) is 10.3. The largest absolute Gasteiger partial charge is 0.359 e. The van der Waals surface area contributed by atoms with Gasteiger partial charge in [0.15, 0.2) is 5.76 Å². The standard InChI is InChI=1S/C9H9IN4O/c1-6-2-8(15-14-6)5-13-9-11-3-7(10)4-12-9/h2-4H,5H2,1H3,(H,11,12,13). The molecule has 0 fully saturated rings. The molecule has 78 valence electrons. The third-order valence-corrected chi connectivity index (χ3v) is 2.27. The molecule has 0 atom stereocenters. The van der Waals surface area contributed by atoms with Crippen LogP contribution in [0.4, 0.5) is 5.95 Å². The number of halogens is 1. The van der Waals surface area contributed by atoms with Gasteiger partial charge in [0.05, 0.1) is 12.2 Å². The lowest BCUT2D eigenvalue weighted by Crippen LogP contribution is -2.02. The molecule has 2 aromatic heterocycles. The van der Waals surface area contributed by atoms with Crippen molar-refractivity contribution in [3.63, 3.8) is 0 Å². The van der Waals surface area contributed by atoms with Crippen LogP contribution in [0.5, 0.6) is 0 Å². The second-order valence-corrected chi connectivity index (χ2v) is 4.26. The van der Waals surface area contributed by atoms with E-state index in [0.717, 1.165) is 15.0 Å². The molecule has 5 nitrogen and oxygen atoms in total. The summed E-state index contributed by atoms with van der Waals surface area (Å²) in [4.78, 5) is 8.22. The Morgan fingerprint density at radius 2 is 2.13 bits per heavy atom. The summed E-state index contributed by atoms with van der Waals surface area (Å²) >= 11 is 2.16. The predicted molar refractivity (Wildman–Crippen MR) is 63.3 cm³/mol. The smallest absolute Gasteiger partial charge is 0.223 e. The van der Waals surface area contributed by atoms with E-state index in [0.29, 0.717) is 12.5 Å². The minimum Gasteiger partial charge on any atom is -0.359 e. The molecule has 0 amide bonds.